The van der Waals surface area contributed by atoms with Crippen LogP contribution in [0.25, 0.3) is 0 Å². The van der Waals surface area contributed by atoms with Gasteiger partial charge in [-0.15, -0.1) is 0 Å². The van der Waals surface area contributed by atoms with Gasteiger partial charge in [0.25, 0.3) is 0 Å². The normalized spacial score (nSPS) is 9.89. The van der Waals surface area contributed by atoms with Crippen LogP contribution in [0.5, 0.6) is 0 Å². The first-order valence-corrected chi connectivity index (χ1v) is 5.57. The minimum atomic E-state index is -1.18. The molecule has 0 fully saturated rings. The molecule has 0 saturated carbocycles. The first kappa shape index (κ1) is 12.8. The Morgan fingerprint density at radius 1 is 1.16 bits per heavy atom. The average molecular weight is 257 g/mol. The second kappa shape index (κ2) is 5.77. The van der Waals surface area contributed by atoms with Gasteiger partial charge in [0, 0.05) is 6.20 Å². The Balaban J connectivity index is 2.04. The van der Waals surface area contributed by atoms with Crippen molar-refractivity contribution in [2.24, 2.45) is 0 Å². The third-order valence-corrected chi connectivity index (χ3v) is 2.43. The maximum Gasteiger partial charge on any atom is 0.354 e. The summed E-state index contributed by atoms with van der Waals surface area (Å²) >= 11 is 0. The summed E-state index contributed by atoms with van der Waals surface area (Å²) < 4.78 is 5.09. The highest BCUT2D eigenvalue weighted by Gasteiger charge is 2.11. The maximum atomic E-state index is 11.7. The van der Waals surface area contributed by atoms with Crippen LogP contribution in [0.3, 0.4) is 0 Å². The molecule has 0 bridgehead atoms. The molecule has 0 atom stereocenters. The van der Waals surface area contributed by atoms with Crippen LogP contribution in [0.4, 0.5) is 0 Å². The third-order valence-electron chi connectivity index (χ3n) is 2.43. The Morgan fingerprint density at radius 3 is 2.58 bits per heavy atom. The van der Waals surface area contributed by atoms with Crippen molar-refractivity contribution >= 4 is 11.9 Å². The molecule has 96 valence electrons. The third kappa shape index (κ3) is 3.38. The molecule has 1 N–H and O–H groups in total. The second-order valence-corrected chi connectivity index (χ2v) is 3.80. The molecule has 2 rings (SSSR count). The highest BCUT2D eigenvalue weighted by molar-refractivity contribution is 5.93. The molecule has 0 spiro atoms. The van der Waals surface area contributed by atoms with Crippen molar-refractivity contribution < 1.29 is 19.4 Å². The molecule has 0 aliphatic heterocycles. The SMILES string of the molecule is O=C(OCc1ccccc1)c1ccnc(C(=O)O)c1. The van der Waals surface area contributed by atoms with Crippen LogP contribution < -0.4 is 0 Å². The predicted octanol–water partition coefficient (Wildman–Crippen LogP) is 2.14. The predicted molar refractivity (Wildman–Crippen MR) is 66.8 cm³/mol. The summed E-state index contributed by atoms with van der Waals surface area (Å²) in [6, 6.07) is 11.8. The van der Waals surface area contributed by atoms with Crippen LogP contribution in [0.15, 0.2) is 48.7 Å². The molecule has 2 aromatic rings. The van der Waals surface area contributed by atoms with Crippen LogP contribution >= 0.6 is 0 Å². The van der Waals surface area contributed by atoms with Gasteiger partial charge in [-0.25, -0.2) is 14.6 Å². The number of hydrogen-bond acceptors (Lipinski definition) is 4. The summed E-state index contributed by atoms with van der Waals surface area (Å²) in [7, 11) is 0. The van der Waals surface area contributed by atoms with Gasteiger partial charge in [-0.3, -0.25) is 0 Å². The first-order valence-electron chi connectivity index (χ1n) is 5.57. The highest BCUT2D eigenvalue weighted by Crippen LogP contribution is 2.07. The Kier molecular flexibility index (Phi) is 3.87. The Morgan fingerprint density at radius 2 is 1.89 bits per heavy atom. The molecular formula is C14H11NO4. The number of carboxylic acids is 1. The number of rotatable bonds is 4. The number of esters is 1. The molecular weight excluding hydrogens is 246 g/mol. The first-order chi connectivity index (χ1) is 9.16. The molecule has 0 unspecified atom stereocenters. The van der Waals surface area contributed by atoms with E-state index in [0.717, 1.165) is 5.56 Å². The lowest BCUT2D eigenvalue weighted by molar-refractivity contribution is 0.0472. The fourth-order valence-electron chi connectivity index (χ4n) is 1.48. The average Bonchev–Trinajstić information content (AvgIpc) is 2.46. The van der Waals surface area contributed by atoms with Gasteiger partial charge in [-0.2, -0.15) is 0 Å². The summed E-state index contributed by atoms with van der Waals surface area (Å²) in [4.78, 5) is 26.1. The highest BCUT2D eigenvalue weighted by atomic mass is 16.5. The molecule has 5 heteroatoms. The maximum absolute atomic E-state index is 11.7. The molecule has 1 aromatic carbocycles. The van der Waals surface area contributed by atoms with Crippen LogP contribution in [0.1, 0.15) is 26.4 Å². The lowest BCUT2D eigenvalue weighted by Gasteiger charge is -2.05. The van der Waals surface area contributed by atoms with E-state index >= 15 is 0 Å². The van der Waals surface area contributed by atoms with E-state index in [1.54, 1.807) is 0 Å². The topological polar surface area (TPSA) is 76.5 Å². The lowest BCUT2D eigenvalue weighted by atomic mass is 10.2. The molecule has 0 saturated heterocycles. The van der Waals surface area contributed by atoms with Gasteiger partial charge < -0.3 is 9.84 Å². The molecule has 19 heavy (non-hydrogen) atoms. The van der Waals surface area contributed by atoms with Crippen LogP contribution in [-0.4, -0.2) is 22.0 Å². The van der Waals surface area contributed by atoms with E-state index in [1.165, 1.54) is 18.3 Å². The van der Waals surface area contributed by atoms with Crippen molar-refractivity contribution in [3.8, 4) is 0 Å². The van der Waals surface area contributed by atoms with E-state index in [2.05, 4.69) is 4.98 Å². The van der Waals surface area contributed by atoms with Crippen molar-refractivity contribution in [3.63, 3.8) is 0 Å². The summed E-state index contributed by atoms with van der Waals surface area (Å²) in [6.45, 7) is 0.143. The van der Waals surface area contributed by atoms with E-state index in [1.807, 2.05) is 30.3 Å². The number of hydrogen-bond donors (Lipinski definition) is 1. The summed E-state index contributed by atoms with van der Waals surface area (Å²) in [5.41, 5.74) is 0.848. The second-order valence-electron chi connectivity index (χ2n) is 3.80. The summed E-state index contributed by atoms with van der Waals surface area (Å²) in [5.74, 6) is -1.76. The van der Waals surface area contributed by atoms with Crippen LogP contribution in [0.2, 0.25) is 0 Å². The quantitative estimate of drug-likeness (QED) is 0.849. The van der Waals surface area contributed by atoms with Gasteiger partial charge in [-0.05, 0) is 17.7 Å². The Bertz CT molecular complexity index is 595. The van der Waals surface area contributed by atoms with Gasteiger partial charge in [0.05, 0.1) is 5.56 Å². The fourth-order valence-corrected chi connectivity index (χ4v) is 1.48. The van der Waals surface area contributed by atoms with Gasteiger partial charge in [0.1, 0.15) is 12.3 Å². The fraction of sp³-hybridized carbons (Fsp3) is 0.0714. The molecule has 1 heterocycles. The van der Waals surface area contributed by atoms with Crippen LogP contribution in [0, 0.1) is 0 Å². The number of carbonyl (C=O) groups excluding carboxylic acids is 1. The number of aromatic carboxylic acids is 1. The lowest BCUT2D eigenvalue weighted by Crippen LogP contribution is -2.08. The minimum absolute atomic E-state index is 0.143. The molecule has 0 aliphatic carbocycles. The largest absolute Gasteiger partial charge is 0.477 e. The van der Waals surface area contributed by atoms with Crippen molar-refractivity contribution in [3.05, 3.63) is 65.5 Å². The number of carbonyl (C=O) groups is 2. The van der Waals surface area contributed by atoms with Gasteiger partial charge >= 0.3 is 11.9 Å². The van der Waals surface area contributed by atoms with E-state index in [9.17, 15) is 9.59 Å². The van der Waals surface area contributed by atoms with Crippen molar-refractivity contribution in [2.75, 3.05) is 0 Å². The van der Waals surface area contributed by atoms with E-state index in [0.29, 0.717) is 0 Å². The molecule has 0 aliphatic rings. The molecule has 5 nitrogen and oxygen atoms in total. The zero-order valence-electron chi connectivity index (χ0n) is 9.95. The Hall–Kier alpha value is -2.69. The summed E-state index contributed by atoms with van der Waals surface area (Å²) in [5, 5.41) is 8.78. The monoisotopic (exact) mass is 257 g/mol. The number of pyridine rings is 1. The Labute approximate surface area is 109 Å². The zero-order chi connectivity index (χ0) is 13.7. The van der Waals surface area contributed by atoms with E-state index in [-0.39, 0.29) is 17.9 Å². The smallest absolute Gasteiger partial charge is 0.354 e. The van der Waals surface area contributed by atoms with E-state index in [4.69, 9.17) is 9.84 Å². The molecule has 0 radical (unpaired) electrons. The standard InChI is InChI=1S/C14H11NO4/c16-13(17)12-8-11(6-7-15-12)14(18)19-9-10-4-2-1-3-5-10/h1-8H,9H2,(H,16,17). The van der Waals surface area contributed by atoms with Crippen molar-refractivity contribution in [1.82, 2.24) is 4.98 Å². The number of benzene rings is 1. The number of carboxylic acid groups (broad SMARTS) is 1. The van der Waals surface area contributed by atoms with Gasteiger partial charge in [0.2, 0.25) is 0 Å². The van der Waals surface area contributed by atoms with Crippen molar-refractivity contribution in [2.45, 2.75) is 6.61 Å². The minimum Gasteiger partial charge on any atom is -0.477 e. The number of aromatic nitrogens is 1. The van der Waals surface area contributed by atoms with Gasteiger partial charge in [-0.1, -0.05) is 30.3 Å². The summed E-state index contributed by atoms with van der Waals surface area (Å²) in [6.07, 6.45) is 1.27. The zero-order valence-corrected chi connectivity index (χ0v) is 9.95. The number of ether oxygens (including phenoxy) is 1. The van der Waals surface area contributed by atoms with Gasteiger partial charge in [0.15, 0.2) is 0 Å². The van der Waals surface area contributed by atoms with Crippen molar-refractivity contribution in [1.29, 1.82) is 0 Å². The number of nitrogens with zero attached hydrogens (tertiary/aromatic N) is 1. The molecule has 0 amide bonds. The van der Waals surface area contributed by atoms with E-state index < -0.39 is 11.9 Å². The van der Waals surface area contributed by atoms with Crippen LogP contribution in [-0.2, 0) is 11.3 Å². The molecule has 1 aromatic heterocycles.